The summed E-state index contributed by atoms with van der Waals surface area (Å²) in [5, 5.41) is 9.45. The number of aryl methyl sites for hydroxylation is 1. The Hall–Kier alpha value is -3.27. The van der Waals surface area contributed by atoms with Gasteiger partial charge in [0.2, 0.25) is 6.79 Å². The highest BCUT2D eigenvalue weighted by molar-refractivity contribution is 6.01. The molecule has 0 atom stereocenters. The third-order valence-electron chi connectivity index (χ3n) is 3.57. The van der Waals surface area contributed by atoms with Gasteiger partial charge in [-0.2, -0.15) is 5.26 Å². The van der Waals surface area contributed by atoms with Crippen LogP contribution >= 0.6 is 0 Å². The first-order chi connectivity index (χ1) is 11.1. The van der Waals surface area contributed by atoms with Gasteiger partial charge in [-0.15, -0.1) is 0 Å². The third-order valence-corrected chi connectivity index (χ3v) is 3.57. The number of hydrogen-bond donors (Lipinski definition) is 1. The van der Waals surface area contributed by atoms with E-state index in [0.717, 1.165) is 0 Å². The van der Waals surface area contributed by atoms with Crippen LogP contribution in [0, 0.1) is 18.3 Å². The number of nitrogens with two attached hydrogens (primary N) is 1. The average molecular weight is 311 g/mol. The number of esters is 1. The Balaban J connectivity index is 2.32. The van der Waals surface area contributed by atoms with Gasteiger partial charge in [-0.25, -0.2) is 9.78 Å². The maximum Gasteiger partial charge on any atom is 0.340 e. The zero-order valence-electron chi connectivity index (χ0n) is 12.5. The number of pyridine rings is 1. The van der Waals surface area contributed by atoms with Crippen molar-refractivity contribution >= 4 is 11.8 Å². The molecular formula is C16H13N3O4. The van der Waals surface area contributed by atoms with Gasteiger partial charge in [0.05, 0.1) is 18.4 Å². The number of carbonyl (C=O) groups excluding carboxylic acids is 1. The molecule has 0 fully saturated rings. The molecule has 2 heterocycles. The Morgan fingerprint density at radius 1 is 1.39 bits per heavy atom. The predicted molar refractivity (Wildman–Crippen MR) is 81.0 cm³/mol. The van der Waals surface area contributed by atoms with E-state index in [1.165, 1.54) is 7.11 Å². The minimum atomic E-state index is -0.584. The quantitative estimate of drug-likeness (QED) is 0.845. The van der Waals surface area contributed by atoms with E-state index in [0.29, 0.717) is 28.3 Å². The van der Waals surface area contributed by atoms with Crippen molar-refractivity contribution in [2.75, 3.05) is 19.6 Å². The highest BCUT2D eigenvalue weighted by Gasteiger charge is 2.25. The normalized spacial score (nSPS) is 11.9. The van der Waals surface area contributed by atoms with Crippen molar-refractivity contribution in [3.05, 3.63) is 35.0 Å². The number of methoxy groups -OCH3 is 1. The molecule has 0 saturated heterocycles. The number of aromatic nitrogens is 1. The first-order valence-corrected chi connectivity index (χ1v) is 6.75. The average Bonchev–Trinajstić information content (AvgIpc) is 3.01. The van der Waals surface area contributed by atoms with Gasteiger partial charge in [-0.05, 0) is 24.6 Å². The van der Waals surface area contributed by atoms with E-state index in [1.807, 2.05) is 6.07 Å². The van der Waals surface area contributed by atoms with E-state index in [2.05, 4.69) is 4.98 Å². The lowest BCUT2D eigenvalue weighted by Gasteiger charge is -2.14. The number of anilines is 1. The summed E-state index contributed by atoms with van der Waals surface area (Å²) in [4.78, 5) is 16.2. The third kappa shape index (κ3) is 2.30. The highest BCUT2D eigenvalue weighted by Crippen LogP contribution is 2.39. The van der Waals surface area contributed by atoms with Gasteiger partial charge < -0.3 is 19.9 Å². The van der Waals surface area contributed by atoms with E-state index < -0.39 is 5.97 Å². The number of rotatable bonds is 2. The number of ether oxygens (including phenoxy) is 3. The highest BCUT2D eigenvalue weighted by atomic mass is 16.7. The molecule has 116 valence electrons. The molecule has 2 N–H and O–H groups in total. The lowest BCUT2D eigenvalue weighted by molar-refractivity contribution is 0.0600. The van der Waals surface area contributed by atoms with Gasteiger partial charge in [-0.1, -0.05) is 6.07 Å². The summed E-state index contributed by atoms with van der Waals surface area (Å²) in [6.45, 7) is 1.77. The van der Waals surface area contributed by atoms with Gasteiger partial charge in [0.15, 0.2) is 11.5 Å². The minimum absolute atomic E-state index is 0.0605. The first kappa shape index (κ1) is 14.7. The lowest BCUT2D eigenvalue weighted by atomic mass is 9.94. The fourth-order valence-corrected chi connectivity index (χ4v) is 2.53. The summed E-state index contributed by atoms with van der Waals surface area (Å²) in [6.07, 6.45) is 0. The minimum Gasteiger partial charge on any atom is -0.465 e. The van der Waals surface area contributed by atoms with Crippen LogP contribution in [-0.4, -0.2) is 24.9 Å². The molecule has 1 aliphatic heterocycles. The van der Waals surface area contributed by atoms with E-state index in [9.17, 15) is 10.1 Å². The second-order valence-electron chi connectivity index (χ2n) is 4.88. The van der Waals surface area contributed by atoms with E-state index in [4.69, 9.17) is 19.9 Å². The molecule has 0 saturated carbocycles. The Bertz CT molecular complexity index is 855. The SMILES string of the molecule is COC(=O)c1c(C)nc(N)c(C#N)c1-c1ccc2c(c1)OCO2. The molecule has 7 nitrogen and oxygen atoms in total. The number of fused-ring (bicyclic) bond motifs is 1. The summed E-state index contributed by atoms with van der Waals surface area (Å²) in [6, 6.07) is 7.15. The van der Waals surface area contributed by atoms with Gasteiger partial charge >= 0.3 is 5.97 Å². The van der Waals surface area contributed by atoms with Crippen molar-refractivity contribution in [2.24, 2.45) is 0 Å². The molecule has 0 aliphatic carbocycles. The van der Waals surface area contributed by atoms with Crippen LogP contribution < -0.4 is 15.2 Å². The van der Waals surface area contributed by atoms with Crippen molar-refractivity contribution in [1.29, 1.82) is 5.26 Å². The van der Waals surface area contributed by atoms with Crippen molar-refractivity contribution in [2.45, 2.75) is 6.92 Å². The fraction of sp³-hybridized carbons (Fsp3) is 0.188. The zero-order chi connectivity index (χ0) is 16.6. The predicted octanol–water partition coefficient (Wildman–Crippen LogP) is 2.03. The summed E-state index contributed by atoms with van der Waals surface area (Å²) in [5.41, 5.74) is 7.55. The number of nitriles is 1. The lowest BCUT2D eigenvalue weighted by Crippen LogP contribution is -2.12. The topological polar surface area (TPSA) is 107 Å². The molecule has 23 heavy (non-hydrogen) atoms. The van der Waals surface area contributed by atoms with Gasteiger partial charge in [0.25, 0.3) is 0 Å². The maximum atomic E-state index is 12.2. The van der Waals surface area contributed by atoms with Crippen LogP contribution in [0.25, 0.3) is 11.1 Å². The molecule has 0 bridgehead atoms. The van der Waals surface area contributed by atoms with E-state index >= 15 is 0 Å². The monoisotopic (exact) mass is 311 g/mol. The van der Waals surface area contributed by atoms with Crippen molar-refractivity contribution in [3.8, 4) is 28.7 Å². The number of nitrogen functional groups attached to an aromatic ring is 1. The van der Waals surface area contributed by atoms with Crippen LogP contribution in [0.3, 0.4) is 0 Å². The fourth-order valence-electron chi connectivity index (χ4n) is 2.53. The van der Waals surface area contributed by atoms with Crippen LogP contribution in [-0.2, 0) is 4.74 Å². The summed E-state index contributed by atoms with van der Waals surface area (Å²) in [7, 11) is 1.27. The Kier molecular flexibility index (Phi) is 3.50. The molecule has 2 aromatic rings. The van der Waals surface area contributed by atoms with Crippen molar-refractivity contribution in [1.82, 2.24) is 4.98 Å². The zero-order valence-corrected chi connectivity index (χ0v) is 12.5. The maximum absolute atomic E-state index is 12.2. The summed E-state index contributed by atoms with van der Waals surface area (Å²) < 4.78 is 15.5. The van der Waals surface area contributed by atoms with Gasteiger partial charge in [0.1, 0.15) is 17.5 Å². The molecule has 1 aliphatic rings. The molecule has 0 unspecified atom stereocenters. The summed E-state index contributed by atoms with van der Waals surface area (Å²) >= 11 is 0. The number of nitrogens with zero attached hydrogens (tertiary/aromatic N) is 2. The van der Waals surface area contributed by atoms with Gasteiger partial charge in [-0.3, -0.25) is 0 Å². The largest absolute Gasteiger partial charge is 0.465 e. The number of carbonyl (C=O) groups is 1. The second-order valence-corrected chi connectivity index (χ2v) is 4.88. The van der Waals surface area contributed by atoms with Crippen molar-refractivity contribution < 1.29 is 19.0 Å². The Labute approximate surface area is 132 Å². The second kappa shape index (κ2) is 5.50. The molecule has 1 aromatic heterocycles. The number of hydrogen-bond acceptors (Lipinski definition) is 7. The molecule has 3 rings (SSSR count). The molecule has 0 radical (unpaired) electrons. The first-order valence-electron chi connectivity index (χ1n) is 6.75. The van der Waals surface area contributed by atoms with Crippen LogP contribution in [0.15, 0.2) is 18.2 Å². The Morgan fingerprint density at radius 2 is 2.13 bits per heavy atom. The molecule has 7 heteroatoms. The van der Waals surface area contributed by atoms with Crippen LogP contribution in [0.2, 0.25) is 0 Å². The number of benzene rings is 1. The standard InChI is InChI=1S/C16H13N3O4/c1-8-13(16(20)21-2)14(10(6-17)15(18)19-8)9-3-4-11-12(5-9)23-7-22-11/h3-5H,7H2,1-2H3,(H2,18,19). The smallest absolute Gasteiger partial charge is 0.340 e. The van der Waals surface area contributed by atoms with Crippen LogP contribution in [0.4, 0.5) is 5.82 Å². The molecule has 0 amide bonds. The molecule has 1 aromatic carbocycles. The van der Waals surface area contributed by atoms with Gasteiger partial charge in [0, 0.05) is 5.56 Å². The molecular weight excluding hydrogens is 298 g/mol. The van der Waals surface area contributed by atoms with Crippen molar-refractivity contribution in [3.63, 3.8) is 0 Å². The Morgan fingerprint density at radius 3 is 2.83 bits per heavy atom. The summed E-state index contributed by atoms with van der Waals surface area (Å²) in [5.74, 6) is 0.616. The van der Waals surface area contributed by atoms with E-state index in [1.54, 1.807) is 25.1 Å². The van der Waals surface area contributed by atoms with Crippen LogP contribution in [0.5, 0.6) is 11.5 Å². The van der Waals surface area contributed by atoms with E-state index in [-0.39, 0.29) is 23.7 Å². The van der Waals surface area contributed by atoms with Crippen LogP contribution in [0.1, 0.15) is 21.6 Å². The molecule has 0 spiro atoms.